The van der Waals surface area contributed by atoms with Crippen LogP contribution < -0.4 is 10.2 Å². The highest BCUT2D eigenvalue weighted by molar-refractivity contribution is 5.81. The molecule has 108 valence electrons. The molecule has 0 unspecified atom stereocenters. The molecule has 0 aliphatic carbocycles. The molecule has 1 aromatic carbocycles. The van der Waals surface area contributed by atoms with Gasteiger partial charge in [-0.3, -0.25) is 9.59 Å². The van der Waals surface area contributed by atoms with E-state index in [4.69, 9.17) is 4.74 Å². The number of carbonyl (C=O) groups is 2. The van der Waals surface area contributed by atoms with Crippen molar-refractivity contribution in [3.05, 3.63) is 24.3 Å². The van der Waals surface area contributed by atoms with Gasteiger partial charge in [0.15, 0.2) is 0 Å². The minimum atomic E-state index is -0.0912. The molecule has 20 heavy (non-hydrogen) atoms. The molecule has 0 aromatic heterocycles. The lowest BCUT2D eigenvalue weighted by Gasteiger charge is -2.33. The van der Waals surface area contributed by atoms with Crippen LogP contribution in [0, 0.1) is 5.92 Å². The fourth-order valence-electron chi connectivity index (χ4n) is 2.55. The Bertz CT molecular complexity index is 468. The van der Waals surface area contributed by atoms with E-state index in [0.717, 1.165) is 37.3 Å². The Morgan fingerprint density at radius 1 is 1.40 bits per heavy atom. The van der Waals surface area contributed by atoms with E-state index >= 15 is 0 Å². The number of para-hydroxylation sites is 2. The zero-order chi connectivity index (χ0) is 14.4. The molecule has 0 radical (unpaired) electrons. The number of benzene rings is 1. The quantitative estimate of drug-likeness (QED) is 0.660. The lowest BCUT2D eigenvalue weighted by molar-refractivity contribution is -0.148. The maximum atomic E-state index is 11.7. The summed E-state index contributed by atoms with van der Waals surface area (Å²) in [6, 6.07) is 7.70. The Kier molecular flexibility index (Phi) is 4.98. The van der Waals surface area contributed by atoms with Crippen molar-refractivity contribution in [2.45, 2.75) is 19.8 Å². The molecule has 0 saturated carbocycles. The van der Waals surface area contributed by atoms with E-state index in [-0.39, 0.29) is 11.9 Å². The van der Waals surface area contributed by atoms with Crippen LogP contribution in [0.1, 0.15) is 19.8 Å². The summed E-state index contributed by atoms with van der Waals surface area (Å²) < 4.78 is 5.07. The van der Waals surface area contributed by atoms with Crippen molar-refractivity contribution in [1.82, 2.24) is 0 Å². The van der Waals surface area contributed by atoms with Crippen LogP contribution in [0.2, 0.25) is 0 Å². The average Bonchev–Trinajstić information content (AvgIpc) is 2.49. The second-order valence-electron chi connectivity index (χ2n) is 4.79. The van der Waals surface area contributed by atoms with Gasteiger partial charge >= 0.3 is 5.97 Å². The first kappa shape index (κ1) is 14.4. The SMILES string of the molecule is CCOC(=O)C1CCN(c2ccccc2NC=O)CC1. The van der Waals surface area contributed by atoms with Gasteiger partial charge in [-0.15, -0.1) is 0 Å². The van der Waals surface area contributed by atoms with Gasteiger partial charge < -0.3 is 15.0 Å². The molecule has 5 heteroatoms. The van der Waals surface area contributed by atoms with Gasteiger partial charge in [0, 0.05) is 13.1 Å². The highest BCUT2D eigenvalue weighted by atomic mass is 16.5. The fraction of sp³-hybridized carbons (Fsp3) is 0.467. The molecule has 1 amide bonds. The summed E-state index contributed by atoms with van der Waals surface area (Å²) in [5, 5.41) is 2.71. The largest absolute Gasteiger partial charge is 0.466 e. The molecular weight excluding hydrogens is 256 g/mol. The summed E-state index contributed by atoms with van der Waals surface area (Å²) >= 11 is 0. The minimum absolute atomic E-state index is 0.00241. The van der Waals surface area contributed by atoms with Gasteiger partial charge in [-0.2, -0.15) is 0 Å². The number of carbonyl (C=O) groups excluding carboxylic acids is 2. The van der Waals surface area contributed by atoms with Crippen LogP contribution in [0.15, 0.2) is 24.3 Å². The van der Waals surface area contributed by atoms with E-state index in [2.05, 4.69) is 10.2 Å². The third-order valence-electron chi connectivity index (χ3n) is 3.57. The second kappa shape index (κ2) is 6.93. The van der Waals surface area contributed by atoms with Crippen molar-refractivity contribution in [2.24, 2.45) is 5.92 Å². The standard InChI is InChI=1S/C15H20N2O3/c1-2-20-15(19)12-7-9-17(10-8-12)14-6-4-3-5-13(14)16-11-18/h3-6,11-12H,2,7-10H2,1H3,(H,16,18). The van der Waals surface area contributed by atoms with Gasteiger partial charge in [0.25, 0.3) is 0 Å². The molecular formula is C15H20N2O3. The van der Waals surface area contributed by atoms with E-state index in [1.165, 1.54) is 0 Å². The number of rotatable bonds is 5. The summed E-state index contributed by atoms with van der Waals surface area (Å²) in [5.41, 5.74) is 1.80. The van der Waals surface area contributed by atoms with Crippen molar-refractivity contribution in [3.8, 4) is 0 Å². The molecule has 1 aliphatic heterocycles. The van der Waals surface area contributed by atoms with Crippen LogP contribution in [-0.4, -0.2) is 32.1 Å². The Labute approximate surface area is 118 Å². The molecule has 0 spiro atoms. The van der Waals surface area contributed by atoms with E-state index in [1.54, 1.807) is 0 Å². The van der Waals surface area contributed by atoms with E-state index in [0.29, 0.717) is 13.0 Å². The number of esters is 1. The zero-order valence-electron chi connectivity index (χ0n) is 11.7. The van der Waals surface area contributed by atoms with Crippen LogP contribution in [0.4, 0.5) is 11.4 Å². The zero-order valence-corrected chi connectivity index (χ0v) is 11.7. The molecule has 5 nitrogen and oxygen atoms in total. The molecule has 0 atom stereocenters. The van der Waals surface area contributed by atoms with Crippen LogP contribution in [-0.2, 0) is 14.3 Å². The first-order valence-electron chi connectivity index (χ1n) is 6.97. The van der Waals surface area contributed by atoms with Crippen molar-refractivity contribution in [3.63, 3.8) is 0 Å². The lowest BCUT2D eigenvalue weighted by Crippen LogP contribution is -2.37. The topological polar surface area (TPSA) is 58.6 Å². The number of hydrogen-bond acceptors (Lipinski definition) is 4. The molecule has 1 aromatic rings. The Morgan fingerprint density at radius 3 is 2.75 bits per heavy atom. The monoisotopic (exact) mass is 276 g/mol. The number of ether oxygens (including phenoxy) is 1. The van der Waals surface area contributed by atoms with Crippen molar-refractivity contribution >= 4 is 23.8 Å². The van der Waals surface area contributed by atoms with E-state index in [1.807, 2.05) is 31.2 Å². The predicted octanol–water partition coefficient (Wildman–Crippen LogP) is 2.03. The highest BCUT2D eigenvalue weighted by Gasteiger charge is 2.26. The summed E-state index contributed by atoms with van der Waals surface area (Å²) in [6.45, 7) is 3.85. The Hall–Kier alpha value is -2.04. The van der Waals surface area contributed by atoms with Crippen molar-refractivity contribution in [1.29, 1.82) is 0 Å². The number of anilines is 2. The van der Waals surface area contributed by atoms with Crippen molar-refractivity contribution < 1.29 is 14.3 Å². The average molecular weight is 276 g/mol. The third kappa shape index (κ3) is 3.29. The van der Waals surface area contributed by atoms with Gasteiger partial charge in [0.1, 0.15) is 0 Å². The predicted molar refractivity (Wildman–Crippen MR) is 77.7 cm³/mol. The molecule has 1 fully saturated rings. The highest BCUT2D eigenvalue weighted by Crippen LogP contribution is 2.29. The normalized spacial score (nSPS) is 15.8. The van der Waals surface area contributed by atoms with Crippen LogP contribution in [0.3, 0.4) is 0 Å². The third-order valence-corrected chi connectivity index (χ3v) is 3.57. The first-order valence-corrected chi connectivity index (χ1v) is 6.97. The number of amides is 1. The Morgan fingerprint density at radius 2 is 2.10 bits per heavy atom. The molecule has 1 N–H and O–H groups in total. The number of nitrogens with one attached hydrogen (secondary N) is 1. The number of hydrogen-bond donors (Lipinski definition) is 1. The maximum absolute atomic E-state index is 11.7. The van der Waals surface area contributed by atoms with Crippen LogP contribution in [0.25, 0.3) is 0 Å². The lowest BCUT2D eigenvalue weighted by atomic mass is 9.96. The number of nitrogens with zero attached hydrogens (tertiary/aromatic N) is 1. The first-order chi connectivity index (χ1) is 9.76. The van der Waals surface area contributed by atoms with Gasteiger partial charge in [-0.25, -0.2) is 0 Å². The fourth-order valence-corrected chi connectivity index (χ4v) is 2.55. The summed E-state index contributed by atoms with van der Waals surface area (Å²) in [7, 11) is 0. The summed E-state index contributed by atoms with van der Waals surface area (Å²) in [5.74, 6) is -0.0937. The number of piperidine rings is 1. The minimum Gasteiger partial charge on any atom is -0.466 e. The molecule has 1 saturated heterocycles. The van der Waals surface area contributed by atoms with E-state index in [9.17, 15) is 9.59 Å². The molecule has 2 rings (SSSR count). The van der Waals surface area contributed by atoms with Gasteiger partial charge in [-0.1, -0.05) is 12.1 Å². The summed E-state index contributed by atoms with van der Waals surface area (Å²) in [6.07, 6.45) is 2.26. The van der Waals surface area contributed by atoms with Crippen molar-refractivity contribution in [2.75, 3.05) is 29.9 Å². The van der Waals surface area contributed by atoms with E-state index < -0.39 is 0 Å². The van der Waals surface area contributed by atoms with Crippen LogP contribution in [0.5, 0.6) is 0 Å². The molecule has 1 aliphatic rings. The maximum Gasteiger partial charge on any atom is 0.309 e. The Balaban J connectivity index is 2.00. The smallest absolute Gasteiger partial charge is 0.309 e. The molecule has 1 heterocycles. The van der Waals surface area contributed by atoms with Crippen LogP contribution >= 0.6 is 0 Å². The second-order valence-corrected chi connectivity index (χ2v) is 4.79. The molecule has 0 bridgehead atoms. The van der Waals surface area contributed by atoms with Gasteiger partial charge in [0.2, 0.25) is 6.41 Å². The van der Waals surface area contributed by atoms with Gasteiger partial charge in [0.05, 0.1) is 23.9 Å². The van der Waals surface area contributed by atoms with Gasteiger partial charge in [-0.05, 0) is 31.9 Å². The summed E-state index contributed by atoms with van der Waals surface area (Å²) in [4.78, 5) is 24.5.